The van der Waals surface area contributed by atoms with E-state index >= 15 is 0 Å². The topological polar surface area (TPSA) is 63.2 Å². The number of halogens is 1. The van der Waals surface area contributed by atoms with Crippen LogP contribution in [0.2, 0.25) is 0 Å². The fourth-order valence-electron chi connectivity index (χ4n) is 0.913. The van der Waals surface area contributed by atoms with Crippen molar-refractivity contribution in [3.8, 4) is 0 Å². The van der Waals surface area contributed by atoms with Crippen molar-refractivity contribution in [3.63, 3.8) is 0 Å². The first-order chi connectivity index (χ1) is 7.06. The molecule has 84 valence electrons. The third-order valence-corrected chi connectivity index (χ3v) is 5.06. The average molecular weight is 268 g/mol. The van der Waals surface area contributed by atoms with Crippen LogP contribution in [-0.4, -0.2) is 32.5 Å². The molecule has 1 amide bonds. The molecule has 0 saturated carbocycles. The molecule has 0 aliphatic rings. The fraction of sp³-hybridized carbons (Fsp3) is 0.375. The Hall–Kier alpha value is -0.590. The first-order valence-electron chi connectivity index (χ1n) is 4.15. The van der Waals surface area contributed by atoms with Crippen LogP contribution in [0.15, 0.2) is 21.7 Å². The van der Waals surface area contributed by atoms with Gasteiger partial charge in [-0.2, -0.15) is 0 Å². The Morgan fingerprint density at radius 3 is 2.80 bits per heavy atom. The van der Waals surface area contributed by atoms with Crippen molar-refractivity contribution in [1.29, 1.82) is 0 Å². The maximum Gasteiger partial charge on any atom is 0.234 e. The molecule has 0 atom stereocenters. The molecule has 0 spiro atoms. The van der Waals surface area contributed by atoms with Crippen molar-refractivity contribution < 1.29 is 13.2 Å². The molecule has 0 unspecified atom stereocenters. The van der Waals surface area contributed by atoms with E-state index in [1.807, 2.05) is 0 Å². The lowest BCUT2D eigenvalue weighted by atomic mass is 10.6. The van der Waals surface area contributed by atoms with Crippen LogP contribution in [0.25, 0.3) is 0 Å². The van der Waals surface area contributed by atoms with Crippen molar-refractivity contribution in [2.45, 2.75) is 4.21 Å². The maximum absolute atomic E-state index is 11.6. The van der Waals surface area contributed by atoms with Gasteiger partial charge in [0.25, 0.3) is 0 Å². The zero-order valence-electron chi connectivity index (χ0n) is 7.77. The van der Waals surface area contributed by atoms with Crippen molar-refractivity contribution in [1.82, 2.24) is 5.32 Å². The van der Waals surface area contributed by atoms with Gasteiger partial charge in [0.2, 0.25) is 5.91 Å². The van der Waals surface area contributed by atoms with E-state index in [9.17, 15) is 13.2 Å². The number of carbonyl (C=O) groups is 1. The number of hydrogen-bond acceptors (Lipinski definition) is 4. The highest BCUT2D eigenvalue weighted by molar-refractivity contribution is 7.93. The third kappa shape index (κ3) is 3.81. The predicted molar refractivity (Wildman–Crippen MR) is 60.1 cm³/mol. The minimum atomic E-state index is -3.26. The maximum atomic E-state index is 11.6. The van der Waals surface area contributed by atoms with Crippen molar-refractivity contribution in [2.75, 3.05) is 18.2 Å². The minimum Gasteiger partial charge on any atom is -0.354 e. The monoisotopic (exact) mass is 267 g/mol. The van der Waals surface area contributed by atoms with E-state index in [1.165, 1.54) is 11.3 Å². The molecule has 0 saturated heterocycles. The van der Waals surface area contributed by atoms with Gasteiger partial charge in [-0.25, -0.2) is 8.42 Å². The van der Waals surface area contributed by atoms with Crippen molar-refractivity contribution >= 4 is 38.7 Å². The lowest BCUT2D eigenvalue weighted by molar-refractivity contribution is -0.118. The van der Waals surface area contributed by atoms with E-state index < -0.39 is 9.84 Å². The number of nitrogens with one attached hydrogen (secondary N) is 1. The highest BCUT2D eigenvalue weighted by Crippen LogP contribution is 2.16. The number of thiophene rings is 1. The molecule has 1 aromatic heterocycles. The van der Waals surface area contributed by atoms with E-state index in [2.05, 4.69) is 5.32 Å². The van der Waals surface area contributed by atoms with Crippen molar-refractivity contribution in [2.24, 2.45) is 0 Å². The van der Waals surface area contributed by atoms with Gasteiger partial charge in [0.1, 0.15) is 10.1 Å². The molecule has 1 N–H and O–H groups in total. The van der Waals surface area contributed by atoms with Crippen LogP contribution in [0.1, 0.15) is 0 Å². The van der Waals surface area contributed by atoms with Gasteiger partial charge < -0.3 is 5.32 Å². The summed E-state index contributed by atoms with van der Waals surface area (Å²) in [6, 6.07) is 3.22. The Bertz CT molecular complexity index is 413. The summed E-state index contributed by atoms with van der Waals surface area (Å²) in [6.07, 6.45) is 0. The number of amides is 1. The number of carbonyl (C=O) groups excluding carboxylic acids is 1. The number of sulfone groups is 1. The summed E-state index contributed by atoms with van der Waals surface area (Å²) < 4.78 is 23.5. The number of hydrogen-bond donors (Lipinski definition) is 1. The highest BCUT2D eigenvalue weighted by Gasteiger charge is 2.15. The standard InChI is InChI=1S/C8H10ClNO3S2/c9-6-7(11)10-3-5-15(12,13)8-2-1-4-14-8/h1-2,4H,3,5-6H2,(H,10,11). The molecule has 15 heavy (non-hydrogen) atoms. The van der Waals surface area contributed by atoms with E-state index in [1.54, 1.807) is 17.5 Å². The van der Waals surface area contributed by atoms with Crippen LogP contribution >= 0.6 is 22.9 Å². The Morgan fingerprint density at radius 1 is 1.53 bits per heavy atom. The van der Waals surface area contributed by atoms with Gasteiger partial charge in [-0.3, -0.25) is 4.79 Å². The quantitative estimate of drug-likeness (QED) is 0.806. The van der Waals surface area contributed by atoms with Gasteiger partial charge in [-0.05, 0) is 11.4 Å². The first-order valence-corrected chi connectivity index (χ1v) is 7.22. The molecule has 0 radical (unpaired) electrons. The fourth-order valence-corrected chi connectivity index (χ4v) is 3.32. The lowest BCUT2D eigenvalue weighted by Gasteiger charge is -2.02. The Kier molecular flexibility index (Phi) is 4.56. The lowest BCUT2D eigenvalue weighted by Crippen LogP contribution is -2.29. The molecule has 1 rings (SSSR count). The molecular weight excluding hydrogens is 258 g/mol. The SMILES string of the molecule is O=C(CCl)NCCS(=O)(=O)c1cccs1. The second kappa shape index (κ2) is 5.48. The number of alkyl halides is 1. The van der Waals surface area contributed by atoms with Gasteiger partial charge in [-0.15, -0.1) is 22.9 Å². The predicted octanol–water partition coefficient (Wildman–Crippen LogP) is 0.877. The largest absolute Gasteiger partial charge is 0.354 e. The molecule has 0 aromatic carbocycles. The molecule has 7 heteroatoms. The second-order valence-corrected chi connectivity index (χ2v) is 6.29. The Labute approximate surface area is 97.2 Å². The van der Waals surface area contributed by atoms with E-state index in [0.29, 0.717) is 4.21 Å². The first kappa shape index (κ1) is 12.5. The summed E-state index contributed by atoms with van der Waals surface area (Å²) in [5, 5.41) is 4.10. The molecule has 1 aromatic rings. The van der Waals surface area contributed by atoms with Crippen LogP contribution in [0.3, 0.4) is 0 Å². The van der Waals surface area contributed by atoms with Crippen LogP contribution in [0.4, 0.5) is 0 Å². The Morgan fingerprint density at radius 2 is 2.27 bits per heavy atom. The number of rotatable bonds is 5. The summed E-state index contributed by atoms with van der Waals surface area (Å²) in [5.41, 5.74) is 0. The Balaban J connectivity index is 2.49. The van der Waals surface area contributed by atoms with Crippen LogP contribution < -0.4 is 5.32 Å². The zero-order chi connectivity index (χ0) is 11.3. The van der Waals surface area contributed by atoms with Gasteiger partial charge in [0.15, 0.2) is 9.84 Å². The zero-order valence-corrected chi connectivity index (χ0v) is 10.2. The molecule has 0 aliphatic heterocycles. The normalized spacial score (nSPS) is 11.3. The molecule has 1 heterocycles. The van der Waals surface area contributed by atoms with Crippen molar-refractivity contribution in [3.05, 3.63) is 17.5 Å². The molecular formula is C8H10ClNO3S2. The van der Waals surface area contributed by atoms with Gasteiger partial charge in [-0.1, -0.05) is 6.07 Å². The van der Waals surface area contributed by atoms with E-state index in [0.717, 1.165) is 0 Å². The molecule has 4 nitrogen and oxygen atoms in total. The third-order valence-electron chi connectivity index (χ3n) is 1.62. The van der Waals surface area contributed by atoms with Gasteiger partial charge >= 0.3 is 0 Å². The summed E-state index contributed by atoms with van der Waals surface area (Å²) in [4.78, 5) is 10.7. The second-order valence-electron chi connectivity index (χ2n) is 2.73. The van der Waals surface area contributed by atoms with Gasteiger partial charge in [0, 0.05) is 6.54 Å². The van der Waals surface area contributed by atoms with E-state index in [-0.39, 0.29) is 24.1 Å². The van der Waals surface area contributed by atoms with Crippen LogP contribution in [-0.2, 0) is 14.6 Å². The summed E-state index contributed by atoms with van der Waals surface area (Å²) in [6.45, 7) is 0.0891. The van der Waals surface area contributed by atoms with Gasteiger partial charge in [0.05, 0.1) is 5.75 Å². The smallest absolute Gasteiger partial charge is 0.234 e. The summed E-state index contributed by atoms with van der Waals surface area (Å²) >= 11 is 6.41. The molecule has 0 fully saturated rings. The molecule has 0 bridgehead atoms. The van der Waals surface area contributed by atoms with Crippen LogP contribution in [0, 0.1) is 0 Å². The minimum absolute atomic E-state index is 0.0891. The summed E-state index contributed by atoms with van der Waals surface area (Å²) in [7, 11) is -3.26. The van der Waals surface area contributed by atoms with Crippen LogP contribution in [0.5, 0.6) is 0 Å². The summed E-state index contributed by atoms with van der Waals surface area (Å²) in [5.74, 6) is -0.618. The van der Waals surface area contributed by atoms with E-state index in [4.69, 9.17) is 11.6 Å². The molecule has 0 aliphatic carbocycles. The highest BCUT2D eigenvalue weighted by atomic mass is 35.5. The average Bonchev–Trinajstić information content (AvgIpc) is 2.70.